The summed E-state index contributed by atoms with van der Waals surface area (Å²) >= 11 is 5.85. The largest absolute Gasteiger partial charge is 0.357 e. The number of halogens is 1. The first kappa shape index (κ1) is 15.8. The van der Waals surface area contributed by atoms with Gasteiger partial charge in [-0.15, -0.1) is 0 Å². The van der Waals surface area contributed by atoms with Crippen molar-refractivity contribution in [2.45, 2.75) is 26.2 Å². The maximum absolute atomic E-state index is 12.2. The van der Waals surface area contributed by atoms with Gasteiger partial charge in [0.2, 0.25) is 5.91 Å². The molecule has 120 valence electrons. The molecule has 3 rings (SSSR count). The van der Waals surface area contributed by atoms with Gasteiger partial charge in [-0.1, -0.05) is 23.7 Å². The maximum Gasteiger partial charge on any atom is 0.228 e. The number of aromatic nitrogens is 1. The average molecular weight is 330 g/mol. The van der Waals surface area contributed by atoms with Crippen LogP contribution < -0.4 is 10.2 Å². The van der Waals surface area contributed by atoms with Crippen LogP contribution in [0.4, 0.5) is 11.5 Å². The molecule has 23 heavy (non-hydrogen) atoms. The Labute approximate surface area is 141 Å². The summed E-state index contributed by atoms with van der Waals surface area (Å²) in [5.41, 5.74) is 2.55. The third-order valence-corrected chi connectivity index (χ3v) is 4.31. The normalized spacial score (nSPS) is 14.1. The van der Waals surface area contributed by atoms with E-state index in [-0.39, 0.29) is 5.91 Å². The smallest absolute Gasteiger partial charge is 0.228 e. The van der Waals surface area contributed by atoms with E-state index in [0.29, 0.717) is 11.4 Å². The first-order valence-electron chi connectivity index (χ1n) is 7.89. The molecular formula is C18H20ClN3O. The molecule has 0 atom stereocenters. The van der Waals surface area contributed by atoms with Gasteiger partial charge in [-0.2, -0.15) is 0 Å². The molecule has 1 amide bonds. The number of pyridine rings is 1. The number of carbonyl (C=O) groups excluding carboxylic acids is 1. The molecule has 0 unspecified atom stereocenters. The van der Waals surface area contributed by atoms with Crippen molar-refractivity contribution in [2.75, 3.05) is 23.3 Å². The Kier molecular flexibility index (Phi) is 4.82. The standard InChI is InChI=1S/C18H20ClN3O/c1-13-16(8-9-17(20-13)22-10-2-3-11-22)21-18(23)12-14-4-6-15(19)7-5-14/h4-9H,2-3,10-12H2,1H3,(H,21,23). The Bertz CT molecular complexity index is 694. The van der Waals surface area contributed by atoms with Gasteiger partial charge in [0.15, 0.2) is 0 Å². The fourth-order valence-corrected chi connectivity index (χ4v) is 2.91. The highest BCUT2D eigenvalue weighted by atomic mass is 35.5. The third-order valence-electron chi connectivity index (χ3n) is 4.05. The molecule has 0 radical (unpaired) electrons. The van der Waals surface area contributed by atoms with Crippen LogP contribution in [0.5, 0.6) is 0 Å². The van der Waals surface area contributed by atoms with Gasteiger partial charge in [-0.05, 0) is 49.6 Å². The lowest BCUT2D eigenvalue weighted by Gasteiger charge is -2.18. The third kappa shape index (κ3) is 4.02. The fraction of sp³-hybridized carbons (Fsp3) is 0.333. The summed E-state index contributed by atoms with van der Waals surface area (Å²) < 4.78 is 0. The number of hydrogen-bond acceptors (Lipinski definition) is 3. The Hall–Kier alpha value is -2.07. The molecule has 0 aliphatic carbocycles. The van der Waals surface area contributed by atoms with Gasteiger partial charge in [0.25, 0.3) is 0 Å². The quantitative estimate of drug-likeness (QED) is 0.927. The van der Waals surface area contributed by atoms with Crippen LogP contribution in [0.15, 0.2) is 36.4 Å². The second-order valence-electron chi connectivity index (χ2n) is 5.85. The minimum Gasteiger partial charge on any atom is -0.357 e. The summed E-state index contributed by atoms with van der Waals surface area (Å²) in [5, 5.41) is 3.61. The molecule has 1 fully saturated rings. The average Bonchev–Trinajstić information content (AvgIpc) is 3.06. The van der Waals surface area contributed by atoms with E-state index in [0.717, 1.165) is 35.9 Å². The van der Waals surface area contributed by atoms with Crippen molar-refractivity contribution in [1.82, 2.24) is 4.98 Å². The molecule has 5 heteroatoms. The first-order chi connectivity index (χ1) is 11.1. The molecule has 0 saturated carbocycles. The number of nitrogens with one attached hydrogen (secondary N) is 1. The molecule has 0 bridgehead atoms. The van der Waals surface area contributed by atoms with Crippen LogP contribution in [0.1, 0.15) is 24.1 Å². The maximum atomic E-state index is 12.2. The van der Waals surface area contributed by atoms with Crippen molar-refractivity contribution in [1.29, 1.82) is 0 Å². The molecule has 0 spiro atoms. The Morgan fingerprint density at radius 2 is 1.87 bits per heavy atom. The van der Waals surface area contributed by atoms with Crippen molar-refractivity contribution < 1.29 is 4.79 Å². The van der Waals surface area contributed by atoms with Crippen molar-refractivity contribution >= 4 is 29.0 Å². The molecule has 1 saturated heterocycles. The van der Waals surface area contributed by atoms with Gasteiger partial charge in [0.05, 0.1) is 17.8 Å². The van der Waals surface area contributed by atoms with Crippen LogP contribution in [0, 0.1) is 6.92 Å². The van der Waals surface area contributed by atoms with Gasteiger partial charge in [0.1, 0.15) is 5.82 Å². The fourth-order valence-electron chi connectivity index (χ4n) is 2.78. The zero-order valence-electron chi connectivity index (χ0n) is 13.2. The topological polar surface area (TPSA) is 45.2 Å². The highest BCUT2D eigenvalue weighted by Gasteiger charge is 2.15. The van der Waals surface area contributed by atoms with Crippen LogP contribution in [0.25, 0.3) is 0 Å². The van der Waals surface area contributed by atoms with Crippen molar-refractivity contribution in [3.05, 3.63) is 52.7 Å². The molecule has 1 aromatic carbocycles. The van der Waals surface area contributed by atoms with E-state index in [1.54, 1.807) is 12.1 Å². The minimum atomic E-state index is -0.0499. The molecule has 2 heterocycles. The molecule has 4 nitrogen and oxygen atoms in total. The predicted molar refractivity (Wildman–Crippen MR) is 94.2 cm³/mol. The van der Waals surface area contributed by atoms with Crippen LogP contribution in [0.3, 0.4) is 0 Å². The van der Waals surface area contributed by atoms with Crippen LogP contribution in [-0.2, 0) is 11.2 Å². The summed E-state index contributed by atoms with van der Waals surface area (Å²) in [6.45, 7) is 4.06. The number of anilines is 2. The Morgan fingerprint density at radius 3 is 2.52 bits per heavy atom. The van der Waals surface area contributed by atoms with Crippen molar-refractivity contribution in [2.24, 2.45) is 0 Å². The van der Waals surface area contributed by atoms with Crippen LogP contribution in [0.2, 0.25) is 5.02 Å². The number of amides is 1. The van der Waals surface area contributed by atoms with E-state index in [2.05, 4.69) is 15.2 Å². The highest BCUT2D eigenvalue weighted by Crippen LogP contribution is 2.22. The number of hydrogen-bond donors (Lipinski definition) is 1. The Balaban J connectivity index is 1.64. The van der Waals surface area contributed by atoms with Gasteiger partial charge in [0, 0.05) is 18.1 Å². The van der Waals surface area contributed by atoms with Gasteiger partial charge < -0.3 is 10.2 Å². The second-order valence-corrected chi connectivity index (χ2v) is 6.28. The van der Waals surface area contributed by atoms with E-state index < -0.39 is 0 Å². The van der Waals surface area contributed by atoms with E-state index in [9.17, 15) is 4.79 Å². The molecule has 1 aliphatic heterocycles. The van der Waals surface area contributed by atoms with E-state index in [1.807, 2.05) is 31.2 Å². The lowest BCUT2D eigenvalue weighted by Crippen LogP contribution is -2.20. The van der Waals surface area contributed by atoms with Gasteiger partial charge in [-0.3, -0.25) is 4.79 Å². The predicted octanol–water partition coefficient (Wildman–Crippen LogP) is 3.82. The lowest BCUT2D eigenvalue weighted by atomic mass is 10.1. The SMILES string of the molecule is Cc1nc(N2CCCC2)ccc1NC(=O)Cc1ccc(Cl)cc1. The van der Waals surface area contributed by atoms with Gasteiger partial charge >= 0.3 is 0 Å². The van der Waals surface area contributed by atoms with E-state index in [4.69, 9.17) is 11.6 Å². The van der Waals surface area contributed by atoms with Crippen LogP contribution in [-0.4, -0.2) is 24.0 Å². The minimum absolute atomic E-state index is 0.0499. The monoisotopic (exact) mass is 329 g/mol. The molecular weight excluding hydrogens is 310 g/mol. The number of aryl methyl sites for hydroxylation is 1. The summed E-state index contributed by atoms with van der Waals surface area (Å²) in [6, 6.07) is 11.2. The summed E-state index contributed by atoms with van der Waals surface area (Å²) in [7, 11) is 0. The molecule has 1 N–H and O–H groups in total. The lowest BCUT2D eigenvalue weighted by molar-refractivity contribution is -0.115. The number of nitrogens with zero attached hydrogens (tertiary/aromatic N) is 2. The summed E-state index contributed by atoms with van der Waals surface area (Å²) in [5.74, 6) is 0.946. The molecule has 1 aromatic heterocycles. The van der Waals surface area contributed by atoms with Crippen molar-refractivity contribution in [3.8, 4) is 0 Å². The summed E-state index contributed by atoms with van der Waals surface area (Å²) in [6.07, 6.45) is 2.77. The molecule has 1 aliphatic rings. The Morgan fingerprint density at radius 1 is 1.17 bits per heavy atom. The molecule has 2 aromatic rings. The number of carbonyl (C=O) groups is 1. The number of rotatable bonds is 4. The number of benzene rings is 1. The van der Waals surface area contributed by atoms with E-state index in [1.165, 1.54) is 12.8 Å². The van der Waals surface area contributed by atoms with Gasteiger partial charge in [-0.25, -0.2) is 4.98 Å². The van der Waals surface area contributed by atoms with E-state index >= 15 is 0 Å². The van der Waals surface area contributed by atoms with Crippen LogP contribution >= 0.6 is 11.6 Å². The zero-order valence-corrected chi connectivity index (χ0v) is 13.9. The zero-order chi connectivity index (χ0) is 16.2. The second kappa shape index (κ2) is 7.01. The summed E-state index contributed by atoms with van der Waals surface area (Å²) in [4.78, 5) is 19.1. The first-order valence-corrected chi connectivity index (χ1v) is 8.26. The highest BCUT2D eigenvalue weighted by molar-refractivity contribution is 6.30. The van der Waals surface area contributed by atoms with Crippen molar-refractivity contribution in [3.63, 3.8) is 0 Å².